The smallest absolute Gasteiger partial charge is 0.261 e. The van der Waals surface area contributed by atoms with E-state index in [1.165, 1.54) is 12.1 Å². The molecule has 0 spiro atoms. The molecular weight excluding hydrogens is 482 g/mol. The van der Waals surface area contributed by atoms with Crippen molar-refractivity contribution >= 4 is 49.6 Å². The van der Waals surface area contributed by atoms with Crippen molar-refractivity contribution in [2.45, 2.75) is 4.90 Å². The van der Waals surface area contributed by atoms with E-state index in [0.29, 0.717) is 38.6 Å². The largest absolute Gasteiger partial charge is 0.494 e. The normalized spacial score (nSPS) is 12.1. The molecule has 0 aliphatic rings. The van der Waals surface area contributed by atoms with Crippen LogP contribution in [0.1, 0.15) is 11.1 Å². The van der Waals surface area contributed by atoms with Gasteiger partial charge in [-0.25, -0.2) is 13.4 Å². The summed E-state index contributed by atoms with van der Waals surface area (Å²) in [6, 6.07) is 29.7. The second-order valence-corrected chi connectivity index (χ2v) is 9.95. The number of aliphatic imine (C=N–C) groups is 1. The van der Waals surface area contributed by atoms with Crippen LogP contribution in [0.2, 0.25) is 5.02 Å². The van der Waals surface area contributed by atoms with Gasteiger partial charge in [0.2, 0.25) is 0 Å². The molecule has 0 amide bonds. The summed E-state index contributed by atoms with van der Waals surface area (Å²) in [7, 11) is -3.78. The van der Waals surface area contributed by atoms with Gasteiger partial charge in [-0.15, -0.1) is 0 Å². The summed E-state index contributed by atoms with van der Waals surface area (Å²) in [6.07, 6.45) is 0. The maximum Gasteiger partial charge on any atom is 0.261 e. The first-order valence-electron chi connectivity index (χ1n) is 10.7. The molecule has 5 rings (SSSR count). The molecule has 174 valence electrons. The highest BCUT2D eigenvalue weighted by Gasteiger charge is 2.20. The molecule has 0 atom stereocenters. The molecule has 0 saturated heterocycles. The van der Waals surface area contributed by atoms with Gasteiger partial charge in [0.1, 0.15) is 0 Å². The maximum absolute atomic E-state index is 12.8. The third-order valence-corrected chi connectivity index (χ3v) is 7.09. The van der Waals surface area contributed by atoms with Crippen molar-refractivity contribution in [3.05, 3.63) is 119 Å². The number of anilines is 1. The van der Waals surface area contributed by atoms with E-state index in [0.717, 1.165) is 5.56 Å². The molecule has 0 bridgehead atoms. The summed E-state index contributed by atoms with van der Waals surface area (Å²) in [4.78, 5) is 7.94. The van der Waals surface area contributed by atoms with Crippen LogP contribution in [-0.4, -0.2) is 24.2 Å². The van der Waals surface area contributed by atoms with Gasteiger partial charge >= 0.3 is 0 Å². The fourth-order valence-electron chi connectivity index (χ4n) is 3.80. The average Bonchev–Trinajstić information content (AvgIpc) is 3.19. The molecule has 1 heterocycles. The molecule has 5 aromatic rings. The van der Waals surface area contributed by atoms with Gasteiger partial charge in [0.05, 0.1) is 21.9 Å². The van der Waals surface area contributed by atoms with E-state index in [-0.39, 0.29) is 10.8 Å². The van der Waals surface area contributed by atoms with Gasteiger partial charge < -0.3 is 10.1 Å². The molecule has 35 heavy (non-hydrogen) atoms. The van der Waals surface area contributed by atoms with Crippen molar-refractivity contribution < 1.29 is 13.5 Å². The van der Waals surface area contributed by atoms with Gasteiger partial charge in [0, 0.05) is 27.2 Å². The van der Waals surface area contributed by atoms with E-state index < -0.39 is 10.0 Å². The van der Waals surface area contributed by atoms with E-state index in [9.17, 15) is 13.5 Å². The van der Waals surface area contributed by atoms with Crippen molar-refractivity contribution in [2.75, 3.05) is 4.72 Å². The number of aromatic hydroxyl groups is 1. The summed E-state index contributed by atoms with van der Waals surface area (Å²) in [6.45, 7) is 0. The van der Waals surface area contributed by atoms with Crippen LogP contribution < -0.4 is 4.72 Å². The Morgan fingerprint density at radius 2 is 1.51 bits per heavy atom. The van der Waals surface area contributed by atoms with Crippen molar-refractivity contribution in [1.82, 2.24) is 4.98 Å². The number of aromatic nitrogens is 1. The number of nitrogens with zero attached hydrogens (tertiary/aromatic N) is 1. The van der Waals surface area contributed by atoms with Crippen molar-refractivity contribution in [1.29, 1.82) is 0 Å². The Balaban J connectivity index is 1.65. The van der Waals surface area contributed by atoms with Crippen LogP contribution in [0.25, 0.3) is 10.9 Å². The topological polar surface area (TPSA) is 94.5 Å². The minimum absolute atomic E-state index is 0.0698. The predicted molar refractivity (Wildman–Crippen MR) is 140 cm³/mol. The highest BCUT2D eigenvalue weighted by atomic mass is 35.5. The Morgan fingerprint density at radius 3 is 2.20 bits per heavy atom. The van der Waals surface area contributed by atoms with E-state index in [1.54, 1.807) is 60.7 Å². The third-order valence-electron chi connectivity index (χ3n) is 5.44. The maximum atomic E-state index is 12.8. The van der Waals surface area contributed by atoms with Gasteiger partial charge in [0.25, 0.3) is 10.0 Å². The van der Waals surface area contributed by atoms with Gasteiger partial charge in [-0.2, -0.15) is 0 Å². The number of fused-ring (bicyclic) bond motifs is 1. The molecule has 4 aromatic carbocycles. The Kier molecular flexibility index (Phi) is 6.03. The number of sulfonamides is 1. The molecule has 0 saturated carbocycles. The molecule has 3 N–H and O–H groups in total. The van der Waals surface area contributed by atoms with Crippen molar-refractivity contribution in [3.63, 3.8) is 0 Å². The number of nitrogens with one attached hydrogen (secondary N) is 2. The minimum atomic E-state index is -3.78. The number of aromatic amines is 1. The number of hydrogen-bond acceptors (Lipinski definition) is 4. The van der Waals surface area contributed by atoms with Crippen LogP contribution in [0.3, 0.4) is 0 Å². The summed E-state index contributed by atoms with van der Waals surface area (Å²) in [5, 5.41) is 12.1. The molecule has 0 radical (unpaired) electrons. The van der Waals surface area contributed by atoms with Gasteiger partial charge in [-0.1, -0.05) is 60.1 Å². The Bertz CT molecular complexity index is 1630. The standard InChI is InChI=1S/C27H20ClN3O3S/c28-19-11-13-20(14-12-19)29-26(18-7-3-1-4-8-18)25-23-17-21(15-16-24(23)30-27(25)32)31-35(33,34)22-9-5-2-6-10-22/h1-17,30-32H. The molecule has 0 aliphatic carbocycles. The lowest BCUT2D eigenvalue weighted by Crippen LogP contribution is -2.12. The number of rotatable bonds is 6. The molecule has 0 fully saturated rings. The van der Waals surface area contributed by atoms with E-state index in [2.05, 4.69) is 9.71 Å². The predicted octanol–water partition coefficient (Wildman–Crippen LogP) is 6.50. The second-order valence-electron chi connectivity index (χ2n) is 7.83. The molecule has 1 aromatic heterocycles. The van der Waals surface area contributed by atoms with Gasteiger partial charge in [-0.3, -0.25) is 4.72 Å². The van der Waals surface area contributed by atoms with Crippen LogP contribution in [0, 0.1) is 0 Å². The average molecular weight is 502 g/mol. The summed E-state index contributed by atoms with van der Waals surface area (Å²) < 4.78 is 28.3. The first-order valence-corrected chi connectivity index (χ1v) is 12.6. The summed E-state index contributed by atoms with van der Waals surface area (Å²) in [5.74, 6) is -0.0698. The summed E-state index contributed by atoms with van der Waals surface area (Å²) >= 11 is 6.03. The lowest BCUT2D eigenvalue weighted by molar-refractivity contribution is 0.457. The SMILES string of the molecule is O=S(=O)(Nc1ccc2[nH]c(O)c(C(=Nc3ccc(Cl)cc3)c3ccccc3)c2c1)c1ccccc1. The van der Waals surface area contributed by atoms with Crippen LogP contribution in [0.15, 0.2) is 113 Å². The van der Waals surface area contributed by atoms with Gasteiger partial charge in [0.15, 0.2) is 5.88 Å². The van der Waals surface area contributed by atoms with E-state index >= 15 is 0 Å². The zero-order valence-electron chi connectivity index (χ0n) is 18.3. The fourth-order valence-corrected chi connectivity index (χ4v) is 5.00. The first-order chi connectivity index (χ1) is 16.9. The number of halogens is 1. The first kappa shape index (κ1) is 22.7. The molecule has 0 unspecified atom stereocenters. The lowest BCUT2D eigenvalue weighted by Gasteiger charge is -2.10. The van der Waals surface area contributed by atoms with E-state index in [4.69, 9.17) is 16.6 Å². The lowest BCUT2D eigenvalue weighted by atomic mass is 10.0. The summed E-state index contributed by atoms with van der Waals surface area (Å²) in [5.41, 5.74) is 3.43. The van der Waals surface area contributed by atoms with Crippen molar-refractivity contribution in [2.24, 2.45) is 4.99 Å². The van der Waals surface area contributed by atoms with E-state index in [1.807, 2.05) is 30.3 Å². The Hall–Kier alpha value is -4.07. The van der Waals surface area contributed by atoms with Crippen molar-refractivity contribution in [3.8, 4) is 5.88 Å². The second kappa shape index (κ2) is 9.29. The van der Waals surface area contributed by atoms with Crippen LogP contribution in [0.4, 0.5) is 11.4 Å². The van der Waals surface area contributed by atoms with Crippen LogP contribution in [-0.2, 0) is 10.0 Å². The highest BCUT2D eigenvalue weighted by molar-refractivity contribution is 7.92. The molecular formula is C27H20ClN3O3S. The minimum Gasteiger partial charge on any atom is -0.494 e. The molecule has 8 heteroatoms. The highest BCUT2D eigenvalue weighted by Crippen LogP contribution is 2.33. The van der Waals surface area contributed by atoms with Crippen LogP contribution >= 0.6 is 11.6 Å². The van der Waals surface area contributed by atoms with Gasteiger partial charge in [-0.05, 0) is 54.6 Å². The Morgan fingerprint density at radius 1 is 0.857 bits per heavy atom. The third kappa shape index (κ3) is 4.77. The molecule has 6 nitrogen and oxygen atoms in total. The number of hydrogen-bond donors (Lipinski definition) is 3. The monoisotopic (exact) mass is 501 g/mol. The number of benzene rings is 4. The zero-order valence-corrected chi connectivity index (χ0v) is 19.9. The quantitative estimate of drug-likeness (QED) is 0.232. The fraction of sp³-hybridized carbons (Fsp3) is 0. The Labute approximate surface area is 207 Å². The van der Waals surface area contributed by atoms with Crippen LogP contribution in [0.5, 0.6) is 5.88 Å². The number of H-pyrrole nitrogens is 1. The molecule has 0 aliphatic heterocycles. The zero-order chi connectivity index (χ0) is 24.4.